The van der Waals surface area contributed by atoms with E-state index in [-0.39, 0.29) is 24.0 Å². The van der Waals surface area contributed by atoms with E-state index in [1.807, 2.05) is 31.2 Å². The summed E-state index contributed by atoms with van der Waals surface area (Å²) >= 11 is 3.90. The van der Waals surface area contributed by atoms with E-state index >= 15 is 0 Å². The van der Waals surface area contributed by atoms with Gasteiger partial charge in [-0.2, -0.15) is 17.9 Å². The van der Waals surface area contributed by atoms with Gasteiger partial charge in [-0.05, 0) is 42.1 Å². The zero-order valence-corrected chi connectivity index (χ0v) is 18.9. The van der Waals surface area contributed by atoms with Crippen LogP contribution in [0.15, 0.2) is 60.7 Å². The fourth-order valence-electron chi connectivity index (χ4n) is 3.49. The largest absolute Gasteiger partial charge is 0.507 e. The van der Waals surface area contributed by atoms with Gasteiger partial charge in [-0.25, -0.2) is 4.79 Å². The molecule has 0 spiro atoms. The molecule has 0 saturated carbocycles. The number of hydrogen-bond acceptors (Lipinski definition) is 7. The molecular weight excluding hydrogens is 440 g/mol. The van der Waals surface area contributed by atoms with Crippen molar-refractivity contribution in [3.05, 3.63) is 71.8 Å². The Labute approximate surface area is 197 Å². The molecule has 0 bridgehead atoms. The highest BCUT2D eigenvalue weighted by Crippen LogP contribution is 2.37. The van der Waals surface area contributed by atoms with Gasteiger partial charge in [-0.1, -0.05) is 37.3 Å². The van der Waals surface area contributed by atoms with Crippen LogP contribution in [0.5, 0.6) is 5.75 Å². The van der Waals surface area contributed by atoms with Crippen LogP contribution in [0.25, 0.3) is 10.8 Å². The lowest BCUT2D eigenvalue weighted by Gasteiger charge is -2.26. The van der Waals surface area contributed by atoms with Gasteiger partial charge in [0.1, 0.15) is 11.9 Å². The van der Waals surface area contributed by atoms with Gasteiger partial charge in [0.2, 0.25) is 0 Å². The third kappa shape index (κ3) is 6.18. The molecule has 0 radical (unpaired) electrons. The number of hydrogen-bond donors (Lipinski definition) is 3. The van der Waals surface area contributed by atoms with Crippen LogP contribution in [0.2, 0.25) is 0 Å². The van der Waals surface area contributed by atoms with Crippen molar-refractivity contribution in [3.8, 4) is 11.8 Å². The van der Waals surface area contributed by atoms with E-state index in [0.717, 1.165) is 10.9 Å². The quantitative estimate of drug-likeness (QED) is 0.312. The first-order valence-corrected chi connectivity index (χ1v) is 11.0. The Bertz CT molecular complexity index is 1170. The first-order valence-electron chi connectivity index (χ1n) is 10.4. The van der Waals surface area contributed by atoms with Crippen LogP contribution in [0, 0.1) is 17.2 Å². The predicted molar refractivity (Wildman–Crippen MR) is 128 cm³/mol. The van der Waals surface area contributed by atoms with E-state index in [1.54, 1.807) is 42.5 Å². The molecule has 0 aliphatic carbocycles. The number of phenolic OH excluding ortho intramolecular Hbond substituents is 1. The van der Waals surface area contributed by atoms with Crippen molar-refractivity contribution in [3.63, 3.8) is 0 Å². The Hall–Kier alpha value is -3.70. The van der Waals surface area contributed by atoms with Crippen molar-refractivity contribution in [2.75, 3.05) is 17.7 Å². The third-order valence-electron chi connectivity index (χ3n) is 5.22. The number of rotatable bonds is 8. The summed E-state index contributed by atoms with van der Waals surface area (Å²) in [5, 5.41) is 23.3. The lowest BCUT2D eigenvalue weighted by Crippen LogP contribution is -2.23. The Morgan fingerprint density at radius 2 is 1.79 bits per heavy atom. The molecule has 0 aliphatic heterocycles. The number of aromatic hydroxyl groups is 1. The van der Waals surface area contributed by atoms with Gasteiger partial charge in [0.15, 0.2) is 0 Å². The van der Waals surface area contributed by atoms with E-state index in [0.29, 0.717) is 23.1 Å². The maximum atomic E-state index is 12.7. The summed E-state index contributed by atoms with van der Waals surface area (Å²) in [6, 6.07) is 19.1. The van der Waals surface area contributed by atoms with E-state index in [2.05, 4.69) is 17.9 Å². The summed E-state index contributed by atoms with van der Waals surface area (Å²) in [7, 11) is 0. The number of nitrogens with zero attached hydrogens (tertiary/aromatic N) is 1. The second kappa shape index (κ2) is 11.2. The highest BCUT2D eigenvalue weighted by molar-refractivity contribution is 7.81. The number of amides is 1. The van der Waals surface area contributed by atoms with E-state index in [4.69, 9.17) is 14.7 Å². The third-order valence-corrected chi connectivity index (χ3v) is 5.48. The molecule has 33 heavy (non-hydrogen) atoms. The summed E-state index contributed by atoms with van der Waals surface area (Å²) in [4.78, 5) is 24.2. The fourth-order valence-corrected chi connectivity index (χ4v) is 3.58. The first kappa shape index (κ1) is 24.0. The van der Waals surface area contributed by atoms with Crippen molar-refractivity contribution in [2.24, 2.45) is 5.92 Å². The molecule has 2 atom stereocenters. The minimum atomic E-state index is -0.677. The lowest BCUT2D eigenvalue weighted by atomic mass is 9.90. The molecule has 8 heteroatoms. The van der Waals surface area contributed by atoms with Crippen molar-refractivity contribution < 1.29 is 24.2 Å². The normalized spacial score (nSPS) is 12.4. The molecule has 7 nitrogen and oxygen atoms in total. The van der Waals surface area contributed by atoms with Crippen molar-refractivity contribution in [1.29, 1.82) is 5.26 Å². The number of nitriles is 1. The maximum absolute atomic E-state index is 12.7. The number of thiol groups is 1. The summed E-state index contributed by atoms with van der Waals surface area (Å²) in [5.41, 5.74) is 1.70. The molecular formula is C25H24N2O5S. The number of nitrogens with one attached hydrogen (secondary N) is 1. The Morgan fingerprint density at radius 3 is 2.45 bits per heavy atom. The highest BCUT2D eigenvalue weighted by atomic mass is 32.1. The summed E-state index contributed by atoms with van der Waals surface area (Å²) in [6.07, 6.45) is -0.895. The first-order chi connectivity index (χ1) is 15.9. The monoisotopic (exact) mass is 464 g/mol. The minimum absolute atomic E-state index is 0.0100. The van der Waals surface area contributed by atoms with Crippen LogP contribution in [0.3, 0.4) is 0 Å². The number of ether oxygens (including phenoxy) is 2. The molecule has 3 aromatic carbocycles. The van der Waals surface area contributed by atoms with Crippen molar-refractivity contribution in [1.82, 2.24) is 0 Å². The Kier molecular flexibility index (Phi) is 8.17. The molecule has 0 aliphatic rings. The van der Waals surface area contributed by atoms with Gasteiger partial charge < -0.3 is 14.6 Å². The average molecular weight is 465 g/mol. The van der Waals surface area contributed by atoms with Crippen LogP contribution < -0.4 is 5.32 Å². The van der Waals surface area contributed by atoms with E-state index in [9.17, 15) is 14.7 Å². The van der Waals surface area contributed by atoms with Gasteiger partial charge >= 0.3 is 12.1 Å². The molecule has 0 heterocycles. The molecule has 170 valence electrons. The highest BCUT2D eigenvalue weighted by Gasteiger charge is 2.26. The van der Waals surface area contributed by atoms with Crippen LogP contribution in [0.4, 0.5) is 10.5 Å². The molecule has 0 aromatic heterocycles. The lowest BCUT2D eigenvalue weighted by molar-refractivity contribution is -0.141. The number of carbonyl (C=O) groups excluding carboxylic acids is 2. The fraction of sp³-hybridized carbons (Fsp3) is 0.240. The summed E-state index contributed by atoms with van der Waals surface area (Å²) in [5.74, 6) is -0.510. The number of anilines is 1. The van der Waals surface area contributed by atoms with Crippen LogP contribution >= 0.6 is 12.6 Å². The van der Waals surface area contributed by atoms with Crippen LogP contribution in [-0.4, -0.2) is 29.5 Å². The smallest absolute Gasteiger partial charge is 0.412 e. The van der Waals surface area contributed by atoms with Gasteiger partial charge in [0, 0.05) is 22.6 Å². The van der Waals surface area contributed by atoms with Gasteiger partial charge in [0.25, 0.3) is 0 Å². The van der Waals surface area contributed by atoms with E-state index < -0.39 is 18.2 Å². The average Bonchev–Trinajstić information content (AvgIpc) is 2.83. The second-order valence-electron chi connectivity index (χ2n) is 7.50. The van der Waals surface area contributed by atoms with Gasteiger partial charge in [-0.15, -0.1) is 0 Å². The van der Waals surface area contributed by atoms with Gasteiger partial charge in [-0.3, -0.25) is 10.1 Å². The minimum Gasteiger partial charge on any atom is -0.507 e. The van der Waals surface area contributed by atoms with Crippen LogP contribution in [0.1, 0.15) is 30.6 Å². The van der Waals surface area contributed by atoms with Gasteiger partial charge in [0.05, 0.1) is 24.0 Å². The maximum Gasteiger partial charge on any atom is 0.412 e. The standard InChI is InChI=1S/C25H24N2O5S/c1-16(12-13-31-23(29)15-33)24(21-10-11-22(28)20-5-3-2-4-19(20)21)32-25(30)27-18-8-6-17(14-26)7-9-18/h2-11,16,24,28,33H,12-13,15H2,1H3,(H,27,30)/t16-,24-/m0/s1. The number of carbonyl (C=O) groups is 2. The topological polar surface area (TPSA) is 109 Å². The Morgan fingerprint density at radius 1 is 1.09 bits per heavy atom. The molecule has 0 unspecified atom stereocenters. The zero-order chi connectivity index (χ0) is 23.8. The number of fused-ring (bicyclic) bond motifs is 1. The predicted octanol–water partition coefficient (Wildman–Crippen LogP) is 5.21. The SMILES string of the molecule is C[C@@H](CCOC(=O)CS)[C@H](OC(=O)Nc1ccc(C#N)cc1)c1ccc(O)c2ccccc12. The Balaban J connectivity index is 1.85. The number of phenols is 1. The molecule has 0 saturated heterocycles. The molecule has 3 rings (SSSR count). The molecule has 2 N–H and O–H groups in total. The van der Waals surface area contributed by atoms with Crippen molar-refractivity contribution >= 4 is 41.2 Å². The number of esters is 1. The molecule has 1 amide bonds. The zero-order valence-electron chi connectivity index (χ0n) is 18.0. The number of benzene rings is 3. The second-order valence-corrected chi connectivity index (χ2v) is 7.82. The molecule has 0 fully saturated rings. The van der Waals surface area contributed by atoms with Crippen molar-refractivity contribution in [2.45, 2.75) is 19.4 Å². The van der Waals surface area contributed by atoms with Crippen LogP contribution in [-0.2, 0) is 14.3 Å². The summed E-state index contributed by atoms with van der Waals surface area (Å²) in [6.45, 7) is 2.06. The molecule has 3 aromatic rings. The summed E-state index contributed by atoms with van der Waals surface area (Å²) < 4.78 is 11.0. The van der Waals surface area contributed by atoms with E-state index in [1.165, 1.54) is 0 Å².